The number of rotatable bonds is 8. The average molecular weight is 444 g/mol. The number of methoxy groups -OCH3 is 2. The van der Waals surface area contributed by atoms with Crippen LogP contribution in [0, 0.1) is 5.92 Å². The van der Waals surface area contributed by atoms with Crippen molar-refractivity contribution in [3.05, 3.63) is 45.8 Å². The zero-order chi connectivity index (χ0) is 22.4. The molecule has 1 unspecified atom stereocenters. The van der Waals surface area contributed by atoms with Gasteiger partial charge >= 0.3 is 5.97 Å². The largest absolute Gasteiger partial charge is 0.493 e. The highest BCUT2D eigenvalue weighted by atomic mass is 32.1. The van der Waals surface area contributed by atoms with E-state index in [1.807, 2.05) is 13.0 Å². The van der Waals surface area contributed by atoms with Crippen LogP contribution in [0.15, 0.2) is 24.3 Å². The molecule has 0 fully saturated rings. The van der Waals surface area contributed by atoms with Crippen molar-refractivity contribution in [1.82, 2.24) is 0 Å². The van der Waals surface area contributed by atoms with Crippen LogP contribution in [0.3, 0.4) is 0 Å². The molecule has 2 aromatic rings. The summed E-state index contributed by atoms with van der Waals surface area (Å²) in [6, 6.07) is 5.41. The Morgan fingerprint density at radius 1 is 1.23 bits per heavy atom. The van der Waals surface area contributed by atoms with Gasteiger partial charge in [-0.15, -0.1) is 11.3 Å². The second-order valence-corrected chi connectivity index (χ2v) is 8.73. The predicted octanol–water partition coefficient (Wildman–Crippen LogP) is 5.11. The van der Waals surface area contributed by atoms with Crippen molar-refractivity contribution >= 4 is 34.3 Å². The van der Waals surface area contributed by atoms with Crippen LogP contribution >= 0.6 is 11.3 Å². The van der Waals surface area contributed by atoms with Gasteiger partial charge in [-0.1, -0.05) is 19.9 Å². The first-order valence-corrected chi connectivity index (χ1v) is 11.3. The number of thiophene rings is 1. The van der Waals surface area contributed by atoms with Gasteiger partial charge < -0.3 is 19.5 Å². The molecule has 7 heteroatoms. The zero-order valence-corrected chi connectivity index (χ0v) is 19.3. The van der Waals surface area contributed by atoms with Gasteiger partial charge in [0.05, 0.1) is 26.4 Å². The van der Waals surface area contributed by atoms with Crippen molar-refractivity contribution in [3.63, 3.8) is 0 Å². The number of esters is 1. The summed E-state index contributed by atoms with van der Waals surface area (Å²) >= 11 is 1.49. The summed E-state index contributed by atoms with van der Waals surface area (Å²) in [5.41, 5.74) is 2.35. The number of nitrogens with one attached hydrogen (secondary N) is 1. The van der Waals surface area contributed by atoms with Crippen LogP contribution in [-0.2, 0) is 22.4 Å². The Morgan fingerprint density at radius 2 is 2.00 bits per heavy atom. The van der Waals surface area contributed by atoms with Gasteiger partial charge in [0.25, 0.3) is 0 Å². The smallest absolute Gasteiger partial charge is 0.341 e. The third-order valence-electron chi connectivity index (χ3n) is 5.22. The number of hydrogen-bond donors (Lipinski definition) is 1. The van der Waals surface area contributed by atoms with Crippen molar-refractivity contribution in [1.29, 1.82) is 0 Å². The molecule has 1 aromatic carbocycles. The van der Waals surface area contributed by atoms with Crippen molar-refractivity contribution in [2.24, 2.45) is 5.92 Å². The second kappa shape index (κ2) is 10.5. The molecule has 1 N–H and O–H groups in total. The first-order valence-electron chi connectivity index (χ1n) is 10.5. The van der Waals surface area contributed by atoms with E-state index < -0.39 is 0 Å². The number of fused-ring (bicyclic) bond motifs is 1. The lowest BCUT2D eigenvalue weighted by Crippen LogP contribution is -2.16. The number of carbonyl (C=O) groups excluding carboxylic acids is 2. The normalized spacial score (nSPS) is 15.4. The van der Waals surface area contributed by atoms with E-state index in [1.54, 1.807) is 32.4 Å². The number of amides is 1. The topological polar surface area (TPSA) is 73.9 Å². The van der Waals surface area contributed by atoms with Crippen LogP contribution in [0.5, 0.6) is 11.5 Å². The average Bonchev–Trinajstić information content (AvgIpc) is 3.12. The summed E-state index contributed by atoms with van der Waals surface area (Å²) in [6.07, 6.45) is 6.69. The lowest BCUT2D eigenvalue weighted by molar-refractivity contribution is -0.111. The molecule has 1 aliphatic carbocycles. The lowest BCUT2D eigenvalue weighted by Gasteiger charge is -2.18. The zero-order valence-electron chi connectivity index (χ0n) is 18.4. The van der Waals surface area contributed by atoms with Gasteiger partial charge in [0.15, 0.2) is 11.5 Å². The number of hydrogen-bond acceptors (Lipinski definition) is 6. The minimum atomic E-state index is -0.354. The van der Waals surface area contributed by atoms with E-state index in [-0.39, 0.29) is 11.9 Å². The summed E-state index contributed by atoms with van der Waals surface area (Å²) in [5, 5.41) is 3.47. The molecule has 166 valence electrons. The molecule has 6 nitrogen and oxygen atoms in total. The highest BCUT2D eigenvalue weighted by Gasteiger charge is 2.29. The molecule has 1 heterocycles. The van der Waals surface area contributed by atoms with Crippen LogP contribution in [-0.4, -0.2) is 32.7 Å². The summed E-state index contributed by atoms with van der Waals surface area (Å²) in [5.74, 6) is 1.13. The van der Waals surface area contributed by atoms with Gasteiger partial charge in [-0.2, -0.15) is 0 Å². The van der Waals surface area contributed by atoms with E-state index >= 15 is 0 Å². The van der Waals surface area contributed by atoms with Gasteiger partial charge in [0, 0.05) is 11.0 Å². The molecule has 0 saturated heterocycles. The van der Waals surface area contributed by atoms with Crippen LogP contribution in [0.1, 0.15) is 53.1 Å². The number of ether oxygens (including phenoxy) is 3. The number of carbonyl (C=O) groups is 2. The fraction of sp³-hybridized carbons (Fsp3) is 0.417. The van der Waals surface area contributed by atoms with Gasteiger partial charge in [-0.25, -0.2) is 4.79 Å². The van der Waals surface area contributed by atoms with Gasteiger partial charge in [-0.3, -0.25) is 4.79 Å². The van der Waals surface area contributed by atoms with Crippen molar-refractivity contribution in [2.45, 2.75) is 39.5 Å². The maximum atomic E-state index is 12.7. The Labute approximate surface area is 187 Å². The van der Waals surface area contributed by atoms with E-state index in [4.69, 9.17) is 14.2 Å². The summed E-state index contributed by atoms with van der Waals surface area (Å²) in [7, 11) is 3.14. The molecule has 0 aliphatic heterocycles. The highest BCUT2D eigenvalue weighted by Crippen LogP contribution is 2.40. The standard InChI is InChI=1S/C24H29NO5S/c1-5-12-30-24(27)22-17-9-6-15(2)13-20(17)31-23(22)25-21(26)11-8-16-7-10-18(28-3)19(14-16)29-4/h7-8,10-11,14-15H,5-6,9,12-13H2,1-4H3,(H,25,26). The van der Waals surface area contributed by atoms with Crippen LogP contribution in [0.25, 0.3) is 6.08 Å². The van der Waals surface area contributed by atoms with E-state index in [0.717, 1.165) is 36.8 Å². The number of benzene rings is 1. The number of anilines is 1. The molecule has 1 atom stereocenters. The first kappa shape index (κ1) is 22.9. The molecule has 1 amide bonds. The third-order valence-corrected chi connectivity index (χ3v) is 6.39. The van der Waals surface area contributed by atoms with E-state index in [2.05, 4.69) is 12.2 Å². The highest BCUT2D eigenvalue weighted by molar-refractivity contribution is 7.17. The summed E-state index contributed by atoms with van der Waals surface area (Å²) in [6.45, 7) is 4.54. The molecule has 3 rings (SSSR count). The third kappa shape index (κ3) is 5.47. The van der Waals surface area contributed by atoms with Crippen molar-refractivity contribution < 1.29 is 23.8 Å². The van der Waals surface area contributed by atoms with Crippen LogP contribution < -0.4 is 14.8 Å². The molecule has 0 saturated carbocycles. The van der Waals surface area contributed by atoms with Crippen molar-refractivity contribution in [2.75, 3.05) is 26.1 Å². The van der Waals surface area contributed by atoms with Crippen molar-refractivity contribution in [3.8, 4) is 11.5 Å². The van der Waals surface area contributed by atoms with Gasteiger partial charge in [-0.05, 0) is 60.9 Å². The quantitative estimate of drug-likeness (QED) is 0.453. The predicted molar refractivity (Wildman–Crippen MR) is 123 cm³/mol. The van der Waals surface area contributed by atoms with Gasteiger partial charge in [0.1, 0.15) is 5.00 Å². The van der Waals surface area contributed by atoms with Crippen LogP contribution in [0.4, 0.5) is 5.00 Å². The molecular weight excluding hydrogens is 414 g/mol. The van der Waals surface area contributed by atoms with Gasteiger partial charge in [0.2, 0.25) is 5.91 Å². The molecule has 1 aromatic heterocycles. The summed E-state index contributed by atoms with van der Waals surface area (Å²) in [4.78, 5) is 26.5. The molecule has 0 spiro atoms. The first-order chi connectivity index (χ1) is 15.0. The maximum absolute atomic E-state index is 12.7. The lowest BCUT2D eigenvalue weighted by atomic mass is 9.88. The fourth-order valence-electron chi connectivity index (χ4n) is 3.60. The Hall–Kier alpha value is -2.80. The molecular formula is C24H29NO5S. The minimum absolute atomic E-state index is 0.300. The summed E-state index contributed by atoms with van der Waals surface area (Å²) < 4.78 is 15.9. The molecule has 0 radical (unpaired) electrons. The van der Waals surface area contributed by atoms with Crippen LogP contribution in [0.2, 0.25) is 0 Å². The Kier molecular flexibility index (Phi) is 7.74. The Bertz CT molecular complexity index is 979. The van der Waals surface area contributed by atoms with E-state index in [0.29, 0.717) is 34.6 Å². The molecule has 0 bridgehead atoms. The second-order valence-electron chi connectivity index (χ2n) is 7.63. The molecule has 31 heavy (non-hydrogen) atoms. The fourth-order valence-corrected chi connectivity index (χ4v) is 5.01. The Balaban J connectivity index is 1.80. The minimum Gasteiger partial charge on any atom is -0.493 e. The monoisotopic (exact) mass is 443 g/mol. The SMILES string of the molecule is CCCOC(=O)c1c(NC(=O)C=Cc2ccc(OC)c(OC)c2)sc2c1CCC(C)C2. The Morgan fingerprint density at radius 3 is 2.71 bits per heavy atom. The maximum Gasteiger partial charge on any atom is 0.341 e. The van der Waals surface area contributed by atoms with E-state index in [1.165, 1.54) is 22.3 Å². The molecule has 1 aliphatic rings. The van der Waals surface area contributed by atoms with E-state index in [9.17, 15) is 9.59 Å².